The minimum absolute atomic E-state index is 0.364. The molecule has 21 heavy (non-hydrogen) atoms. The number of likely N-dealkylation sites (N-methyl/N-ethyl adjacent to an activating group) is 1. The second-order valence-electron chi connectivity index (χ2n) is 5.66. The van der Waals surface area contributed by atoms with E-state index in [9.17, 15) is 0 Å². The summed E-state index contributed by atoms with van der Waals surface area (Å²) in [5.41, 5.74) is 2.75. The molecule has 1 aromatic carbocycles. The normalized spacial score (nSPS) is 13.1. The number of methoxy groups -OCH3 is 1. The van der Waals surface area contributed by atoms with Gasteiger partial charge in [-0.25, -0.2) is 0 Å². The van der Waals surface area contributed by atoms with Crippen molar-refractivity contribution in [1.82, 2.24) is 10.2 Å². The van der Waals surface area contributed by atoms with Gasteiger partial charge >= 0.3 is 0 Å². The maximum atomic E-state index is 5.29. The van der Waals surface area contributed by atoms with Crippen LogP contribution in [0.25, 0.3) is 0 Å². The van der Waals surface area contributed by atoms with Gasteiger partial charge in [-0.3, -0.25) is 4.90 Å². The fraction of sp³-hybridized carbons (Fsp3) is 0.667. The van der Waals surface area contributed by atoms with Crippen molar-refractivity contribution >= 4 is 0 Å². The second-order valence-corrected chi connectivity index (χ2v) is 5.66. The molecule has 0 bridgehead atoms. The molecular weight excluding hydrogens is 260 g/mol. The molecule has 3 nitrogen and oxygen atoms in total. The van der Waals surface area contributed by atoms with Crippen LogP contribution in [0.1, 0.15) is 43.9 Å². The van der Waals surface area contributed by atoms with E-state index in [2.05, 4.69) is 62.3 Å². The highest BCUT2D eigenvalue weighted by atomic mass is 16.5. The van der Waals surface area contributed by atoms with Gasteiger partial charge in [-0.05, 0) is 37.9 Å². The van der Waals surface area contributed by atoms with Gasteiger partial charge < -0.3 is 10.1 Å². The molecule has 0 aliphatic heterocycles. The van der Waals surface area contributed by atoms with Crippen molar-refractivity contribution in [1.29, 1.82) is 0 Å². The summed E-state index contributed by atoms with van der Waals surface area (Å²) in [5.74, 6) is 0. The minimum Gasteiger partial charge on any atom is -0.383 e. The van der Waals surface area contributed by atoms with Crippen LogP contribution in [0.4, 0.5) is 0 Å². The number of hydrogen-bond acceptors (Lipinski definition) is 3. The monoisotopic (exact) mass is 292 g/mol. The Hall–Kier alpha value is -0.900. The summed E-state index contributed by atoms with van der Waals surface area (Å²) in [6.45, 7) is 9.55. The molecule has 0 amide bonds. The molecule has 0 saturated carbocycles. The number of aryl methyl sites for hydroxylation is 1. The first-order chi connectivity index (χ1) is 10.2. The third kappa shape index (κ3) is 5.42. The van der Waals surface area contributed by atoms with Crippen LogP contribution < -0.4 is 5.32 Å². The molecular formula is C18H32N2O. The summed E-state index contributed by atoms with van der Waals surface area (Å²) < 4.78 is 5.29. The van der Waals surface area contributed by atoms with E-state index in [-0.39, 0.29) is 0 Å². The molecule has 120 valence electrons. The highest BCUT2D eigenvalue weighted by Crippen LogP contribution is 2.20. The van der Waals surface area contributed by atoms with Crippen molar-refractivity contribution in [3.8, 4) is 0 Å². The second kappa shape index (κ2) is 9.93. The Labute approximate surface area is 130 Å². The summed E-state index contributed by atoms with van der Waals surface area (Å²) in [7, 11) is 3.83. The van der Waals surface area contributed by atoms with Gasteiger partial charge in [0, 0.05) is 32.3 Å². The quantitative estimate of drug-likeness (QED) is 0.715. The van der Waals surface area contributed by atoms with Crippen LogP contribution in [0.3, 0.4) is 0 Å². The molecule has 0 spiro atoms. The fourth-order valence-electron chi connectivity index (χ4n) is 2.99. The zero-order chi connectivity index (χ0) is 15.7. The van der Waals surface area contributed by atoms with Crippen LogP contribution in [0.15, 0.2) is 24.3 Å². The summed E-state index contributed by atoms with van der Waals surface area (Å²) in [6.07, 6.45) is 2.37. The Morgan fingerprint density at radius 1 is 1.19 bits per heavy atom. The molecule has 1 unspecified atom stereocenters. The SMILES string of the molecule is CCC(CC)N(CCOC)CC(NC)c1ccccc1C. The number of hydrogen-bond donors (Lipinski definition) is 1. The maximum Gasteiger partial charge on any atom is 0.0589 e. The van der Waals surface area contributed by atoms with Crippen molar-refractivity contribution < 1.29 is 4.74 Å². The van der Waals surface area contributed by atoms with Crippen LogP contribution in [-0.2, 0) is 4.74 Å². The molecule has 1 rings (SSSR count). The summed E-state index contributed by atoms with van der Waals surface area (Å²) in [6, 6.07) is 9.65. The smallest absolute Gasteiger partial charge is 0.0589 e. The number of nitrogens with zero attached hydrogens (tertiary/aromatic N) is 1. The van der Waals surface area contributed by atoms with Crippen LogP contribution in [0.2, 0.25) is 0 Å². The zero-order valence-electron chi connectivity index (χ0n) is 14.4. The van der Waals surface area contributed by atoms with Gasteiger partial charge in [0.25, 0.3) is 0 Å². The third-order valence-corrected chi connectivity index (χ3v) is 4.37. The lowest BCUT2D eigenvalue weighted by molar-refractivity contribution is 0.107. The highest BCUT2D eigenvalue weighted by Gasteiger charge is 2.20. The lowest BCUT2D eigenvalue weighted by atomic mass is 9.99. The van der Waals surface area contributed by atoms with Crippen LogP contribution in [-0.4, -0.2) is 44.8 Å². The minimum atomic E-state index is 0.364. The fourth-order valence-corrected chi connectivity index (χ4v) is 2.99. The van der Waals surface area contributed by atoms with Crippen molar-refractivity contribution in [3.05, 3.63) is 35.4 Å². The van der Waals surface area contributed by atoms with E-state index in [1.807, 2.05) is 0 Å². The average Bonchev–Trinajstić information content (AvgIpc) is 2.51. The van der Waals surface area contributed by atoms with E-state index >= 15 is 0 Å². The number of nitrogens with one attached hydrogen (secondary N) is 1. The van der Waals surface area contributed by atoms with Gasteiger partial charge in [-0.2, -0.15) is 0 Å². The van der Waals surface area contributed by atoms with Crippen molar-refractivity contribution in [2.75, 3.05) is 33.9 Å². The van der Waals surface area contributed by atoms with E-state index in [1.54, 1.807) is 7.11 Å². The molecule has 0 aliphatic carbocycles. The van der Waals surface area contributed by atoms with Gasteiger partial charge in [-0.1, -0.05) is 38.1 Å². The first kappa shape index (κ1) is 18.1. The standard InChI is InChI=1S/C18H32N2O/c1-6-16(7-2)20(12-13-21-5)14-18(19-4)17-11-9-8-10-15(17)3/h8-11,16,18-19H,6-7,12-14H2,1-5H3. The van der Waals surface area contributed by atoms with Crippen molar-refractivity contribution in [3.63, 3.8) is 0 Å². The summed E-state index contributed by atoms with van der Waals surface area (Å²) >= 11 is 0. The molecule has 1 atom stereocenters. The Balaban J connectivity index is 2.85. The maximum absolute atomic E-state index is 5.29. The van der Waals surface area contributed by atoms with Gasteiger partial charge in [-0.15, -0.1) is 0 Å². The topological polar surface area (TPSA) is 24.5 Å². The number of ether oxygens (including phenoxy) is 1. The lowest BCUT2D eigenvalue weighted by Crippen LogP contribution is -2.42. The van der Waals surface area contributed by atoms with E-state index in [1.165, 1.54) is 24.0 Å². The van der Waals surface area contributed by atoms with Crippen LogP contribution in [0.5, 0.6) is 0 Å². The number of benzene rings is 1. The van der Waals surface area contributed by atoms with E-state index < -0.39 is 0 Å². The van der Waals surface area contributed by atoms with Crippen molar-refractivity contribution in [2.24, 2.45) is 0 Å². The zero-order valence-corrected chi connectivity index (χ0v) is 14.4. The predicted octanol–water partition coefficient (Wildman–Crippen LogP) is 3.39. The molecule has 0 radical (unpaired) electrons. The Bertz CT molecular complexity index is 391. The Morgan fingerprint density at radius 3 is 2.38 bits per heavy atom. The highest BCUT2D eigenvalue weighted by molar-refractivity contribution is 5.29. The van der Waals surface area contributed by atoms with E-state index in [0.29, 0.717) is 12.1 Å². The third-order valence-electron chi connectivity index (χ3n) is 4.37. The van der Waals surface area contributed by atoms with E-state index in [0.717, 1.165) is 19.7 Å². The molecule has 0 fully saturated rings. The van der Waals surface area contributed by atoms with Crippen LogP contribution in [0, 0.1) is 6.92 Å². The molecule has 0 aromatic heterocycles. The average molecular weight is 292 g/mol. The molecule has 0 saturated heterocycles. The van der Waals surface area contributed by atoms with E-state index in [4.69, 9.17) is 4.74 Å². The Kier molecular flexibility index (Phi) is 8.58. The van der Waals surface area contributed by atoms with Gasteiger partial charge in [0.05, 0.1) is 6.61 Å². The lowest BCUT2D eigenvalue weighted by Gasteiger charge is -2.34. The molecule has 1 aromatic rings. The van der Waals surface area contributed by atoms with Gasteiger partial charge in [0.2, 0.25) is 0 Å². The van der Waals surface area contributed by atoms with Crippen LogP contribution >= 0.6 is 0 Å². The van der Waals surface area contributed by atoms with Gasteiger partial charge in [0.1, 0.15) is 0 Å². The van der Waals surface area contributed by atoms with Crippen molar-refractivity contribution in [2.45, 2.75) is 45.7 Å². The molecule has 0 aliphatic rings. The first-order valence-corrected chi connectivity index (χ1v) is 8.13. The molecule has 0 heterocycles. The van der Waals surface area contributed by atoms with Gasteiger partial charge in [0.15, 0.2) is 0 Å². The largest absolute Gasteiger partial charge is 0.383 e. The Morgan fingerprint density at radius 2 is 1.86 bits per heavy atom. The summed E-state index contributed by atoms with van der Waals surface area (Å²) in [5, 5.41) is 3.49. The summed E-state index contributed by atoms with van der Waals surface area (Å²) in [4.78, 5) is 2.57. The number of rotatable bonds is 10. The first-order valence-electron chi connectivity index (χ1n) is 8.13. The molecule has 3 heteroatoms. The molecule has 1 N–H and O–H groups in total. The predicted molar refractivity (Wildman–Crippen MR) is 90.8 cm³/mol.